The lowest BCUT2D eigenvalue weighted by molar-refractivity contribution is 1.15. The van der Waals surface area contributed by atoms with Crippen LogP contribution in [0.2, 0.25) is 0 Å². The quantitative estimate of drug-likeness (QED) is 0.790. The van der Waals surface area contributed by atoms with Crippen molar-refractivity contribution in [3.8, 4) is 12.1 Å². The Kier molecular flexibility index (Phi) is 4.61. The maximum atomic E-state index is 8.97. The van der Waals surface area contributed by atoms with Crippen LogP contribution in [0.25, 0.3) is 0 Å². The largest absolute Gasteiger partial charge is 0.192 e. The van der Waals surface area contributed by atoms with Crippen molar-refractivity contribution in [3.63, 3.8) is 0 Å². The van der Waals surface area contributed by atoms with E-state index in [1.54, 1.807) is 23.9 Å². The van der Waals surface area contributed by atoms with Crippen LogP contribution in [0.15, 0.2) is 53.4 Å². The van der Waals surface area contributed by atoms with Gasteiger partial charge in [0, 0.05) is 10.6 Å². The Morgan fingerprint density at radius 2 is 1.63 bits per heavy atom. The first-order chi connectivity index (χ1) is 9.33. The molecule has 0 unspecified atom stereocenters. The summed E-state index contributed by atoms with van der Waals surface area (Å²) in [7, 11) is 0. The van der Waals surface area contributed by atoms with Crippen molar-refractivity contribution in [3.05, 3.63) is 65.2 Å². The second-order valence-corrected chi connectivity index (χ2v) is 5.18. The predicted octanol–water partition coefficient (Wildman–Crippen LogP) is 3.76. The zero-order chi connectivity index (χ0) is 13.5. The molecule has 0 aromatic heterocycles. The van der Waals surface area contributed by atoms with Gasteiger partial charge < -0.3 is 0 Å². The summed E-state index contributed by atoms with van der Waals surface area (Å²) in [6.07, 6.45) is 0.993. The number of nitrogens with zero attached hydrogens (tertiary/aromatic N) is 2. The number of hydrogen-bond donors (Lipinski definition) is 0. The highest BCUT2D eigenvalue weighted by Gasteiger charge is 2.03. The molecule has 0 radical (unpaired) electrons. The summed E-state index contributed by atoms with van der Waals surface area (Å²) < 4.78 is 0. The van der Waals surface area contributed by atoms with Gasteiger partial charge in [0.2, 0.25) is 0 Å². The van der Waals surface area contributed by atoms with E-state index < -0.39 is 0 Å². The van der Waals surface area contributed by atoms with Gasteiger partial charge in [0.25, 0.3) is 0 Å². The fraction of sp³-hybridized carbons (Fsp3) is 0.125. The Morgan fingerprint density at radius 3 is 2.32 bits per heavy atom. The van der Waals surface area contributed by atoms with Crippen LogP contribution >= 0.6 is 11.8 Å². The minimum Gasteiger partial charge on any atom is -0.192 e. The molecule has 0 N–H and O–H groups in total. The van der Waals surface area contributed by atoms with E-state index in [2.05, 4.69) is 18.2 Å². The maximum absolute atomic E-state index is 8.97. The predicted molar refractivity (Wildman–Crippen MR) is 76.7 cm³/mol. The SMILES string of the molecule is N#Cc1ccc(SCCc2ccccc2)cc1C#N. The van der Waals surface area contributed by atoms with E-state index in [0.29, 0.717) is 11.1 Å². The smallest absolute Gasteiger partial charge is 0.101 e. The molecule has 0 aliphatic rings. The first kappa shape index (κ1) is 13.2. The average Bonchev–Trinajstić information content (AvgIpc) is 2.48. The molecule has 0 heterocycles. The van der Waals surface area contributed by atoms with Crippen molar-refractivity contribution < 1.29 is 0 Å². The van der Waals surface area contributed by atoms with Crippen molar-refractivity contribution in [2.24, 2.45) is 0 Å². The molecule has 2 aromatic rings. The molecular weight excluding hydrogens is 252 g/mol. The molecule has 0 bridgehead atoms. The fourth-order valence-electron chi connectivity index (χ4n) is 1.73. The maximum Gasteiger partial charge on any atom is 0.101 e. The molecule has 0 aliphatic heterocycles. The molecule has 0 saturated carbocycles. The van der Waals surface area contributed by atoms with E-state index in [1.807, 2.05) is 30.3 Å². The zero-order valence-corrected chi connectivity index (χ0v) is 11.2. The second kappa shape index (κ2) is 6.64. The molecule has 2 nitrogen and oxygen atoms in total. The lowest BCUT2D eigenvalue weighted by atomic mass is 10.1. The van der Waals surface area contributed by atoms with Gasteiger partial charge in [0.1, 0.15) is 12.1 Å². The Hall–Kier alpha value is -2.23. The zero-order valence-electron chi connectivity index (χ0n) is 10.3. The molecule has 0 aliphatic carbocycles. The standard InChI is InChI=1S/C16H12N2S/c17-11-14-6-7-16(10-15(14)12-18)19-9-8-13-4-2-1-3-5-13/h1-7,10H,8-9H2. The Bertz CT molecular complexity index is 636. The van der Waals surface area contributed by atoms with Gasteiger partial charge in [0.05, 0.1) is 11.1 Å². The molecule has 19 heavy (non-hydrogen) atoms. The molecule has 0 spiro atoms. The van der Waals surface area contributed by atoms with Crippen LogP contribution in [-0.2, 0) is 6.42 Å². The molecule has 0 amide bonds. The van der Waals surface area contributed by atoms with Gasteiger partial charge >= 0.3 is 0 Å². The second-order valence-electron chi connectivity index (χ2n) is 4.02. The van der Waals surface area contributed by atoms with E-state index >= 15 is 0 Å². The number of benzene rings is 2. The summed E-state index contributed by atoms with van der Waals surface area (Å²) in [6, 6.07) is 19.8. The summed E-state index contributed by atoms with van der Waals surface area (Å²) in [5, 5.41) is 17.8. The van der Waals surface area contributed by atoms with Gasteiger partial charge in [-0.1, -0.05) is 30.3 Å². The third-order valence-corrected chi connectivity index (χ3v) is 3.73. The van der Waals surface area contributed by atoms with Crippen LogP contribution in [0.4, 0.5) is 0 Å². The first-order valence-electron chi connectivity index (χ1n) is 5.94. The topological polar surface area (TPSA) is 47.6 Å². The van der Waals surface area contributed by atoms with Crippen LogP contribution in [-0.4, -0.2) is 5.75 Å². The van der Waals surface area contributed by atoms with Crippen LogP contribution in [0.5, 0.6) is 0 Å². The molecule has 2 aromatic carbocycles. The Morgan fingerprint density at radius 1 is 0.895 bits per heavy atom. The van der Waals surface area contributed by atoms with Gasteiger partial charge in [-0.15, -0.1) is 11.8 Å². The molecule has 92 valence electrons. The number of nitriles is 2. The number of rotatable bonds is 4. The molecule has 0 atom stereocenters. The van der Waals surface area contributed by atoms with Crippen molar-refractivity contribution >= 4 is 11.8 Å². The minimum absolute atomic E-state index is 0.440. The van der Waals surface area contributed by atoms with Crippen LogP contribution < -0.4 is 0 Å². The molecule has 3 heteroatoms. The van der Waals surface area contributed by atoms with Gasteiger partial charge in [0.15, 0.2) is 0 Å². The van der Waals surface area contributed by atoms with E-state index in [1.165, 1.54) is 5.56 Å². The molecular formula is C16H12N2S. The minimum atomic E-state index is 0.440. The summed E-state index contributed by atoms with van der Waals surface area (Å²) >= 11 is 1.70. The highest BCUT2D eigenvalue weighted by Crippen LogP contribution is 2.22. The van der Waals surface area contributed by atoms with Crippen molar-refractivity contribution in [2.45, 2.75) is 11.3 Å². The average molecular weight is 264 g/mol. The van der Waals surface area contributed by atoms with Crippen LogP contribution in [0.3, 0.4) is 0 Å². The van der Waals surface area contributed by atoms with E-state index in [9.17, 15) is 0 Å². The fourth-order valence-corrected chi connectivity index (χ4v) is 2.67. The highest BCUT2D eigenvalue weighted by molar-refractivity contribution is 7.99. The van der Waals surface area contributed by atoms with Gasteiger partial charge in [-0.05, 0) is 30.2 Å². The lowest BCUT2D eigenvalue weighted by Crippen LogP contribution is -1.89. The van der Waals surface area contributed by atoms with Crippen molar-refractivity contribution in [2.75, 3.05) is 5.75 Å². The van der Waals surface area contributed by atoms with E-state index in [-0.39, 0.29) is 0 Å². The van der Waals surface area contributed by atoms with Gasteiger partial charge in [-0.25, -0.2) is 0 Å². The summed E-state index contributed by atoms with van der Waals surface area (Å²) in [5.41, 5.74) is 2.20. The number of hydrogen-bond acceptors (Lipinski definition) is 3. The Balaban J connectivity index is 1.98. The summed E-state index contributed by atoms with van der Waals surface area (Å²) in [6.45, 7) is 0. The van der Waals surface area contributed by atoms with E-state index in [0.717, 1.165) is 17.1 Å². The van der Waals surface area contributed by atoms with Crippen molar-refractivity contribution in [1.82, 2.24) is 0 Å². The highest BCUT2D eigenvalue weighted by atomic mass is 32.2. The summed E-state index contributed by atoms with van der Waals surface area (Å²) in [5.74, 6) is 0.959. The van der Waals surface area contributed by atoms with Crippen LogP contribution in [0, 0.1) is 22.7 Å². The third-order valence-electron chi connectivity index (χ3n) is 2.73. The van der Waals surface area contributed by atoms with Crippen LogP contribution in [0.1, 0.15) is 16.7 Å². The molecule has 2 rings (SSSR count). The van der Waals surface area contributed by atoms with E-state index in [4.69, 9.17) is 10.5 Å². The van der Waals surface area contributed by atoms with Crippen molar-refractivity contribution in [1.29, 1.82) is 10.5 Å². The third kappa shape index (κ3) is 3.61. The van der Waals surface area contributed by atoms with Gasteiger partial charge in [-0.3, -0.25) is 0 Å². The molecule has 0 fully saturated rings. The van der Waals surface area contributed by atoms with Gasteiger partial charge in [-0.2, -0.15) is 10.5 Å². The Labute approximate surface area is 117 Å². The monoisotopic (exact) mass is 264 g/mol. The number of thioether (sulfide) groups is 1. The molecule has 0 saturated heterocycles. The lowest BCUT2D eigenvalue weighted by Gasteiger charge is -2.03. The first-order valence-corrected chi connectivity index (χ1v) is 6.93. The number of aryl methyl sites for hydroxylation is 1. The summed E-state index contributed by atoms with van der Waals surface area (Å²) in [4.78, 5) is 1.03. The normalized spacial score (nSPS) is 9.58.